The number of phosphoric acid groups is 1. The molecule has 0 bridgehead atoms. The van der Waals surface area contributed by atoms with Crippen molar-refractivity contribution in [2.45, 2.75) is 58.3 Å². The average molecular weight is 683 g/mol. The maximum absolute atomic E-state index is 13.7. The molecular weight excluding hydrogens is 639 g/mol. The summed E-state index contributed by atoms with van der Waals surface area (Å²) < 4.78 is 42.0. The third-order valence-corrected chi connectivity index (χ3v) is 9.02. The molecule has 2 aromatic rings. The molecule has 1 saturated heterocycles. The molecule has 0 unspecified atom stereocenters. The van der Waals surface area contributed by atoms with Gasteiger partial charge in [0.1, 0.15) is 24.1 Å². The second-order valence-electron chi connectivity index (χ2n) is 11.3. The number of phosphoric ester groups is 1. The van der Waals surface area contributed by atoms with E-state index in [0.717, 1.165) is 21.3 Å². The Morgan fingerprint density at radius 3 is 2.36 bits per heavy atom. The highest BCUT2D eigenvalue weighted by molar-refractivity contribution is 7.48. The number of carbonyl (C=O) groups excluding carboxylic acids is 5. The van der Waals surface area contributed by atoms with Crippen LogP contribution < -0.4 is 15.4 Å². The van der Waals surface area contributed by atoms with Crippen molar-refractivity contribution in [2.24, 2.45) is 11.8 Å². The van der Waals surface area contributed by atoms with E-state index in [1.54, 1.807) is 24.3 Å². The first-order valence-electron chi connectivity index (χ1n) is 15.0. The minimum Gasteiger partial charge on any atom is -0.496 e. The number of hydrogen-bond donors (Lipinski definition) is 3. The molecule has 3 amide bonds. The standard InChI is InChI=1S/C30H43N4O12P/c1-17(2)13-23(33-28(37)24-15-20-21(31-24)9-8-10-26(20)41-4)27(36)32-22(25(35)16-45-47(40,43-6)44-7)14-19-11-12-34(29(19)38)18(3)46-30(39)42-5/h8-10,15,17-19,22-23,31H,11-14,16H2,1-7H3,(H,32,36)(H,33,37)/t18-,19-,22-,23-/m0/s1. The normalized spacial score (nSPS) is 16.9. The van der Waals surface area contributed by atoms with E-state index in [9.17, 15) is 28.5 Å². The largest absolute Gasteiger partial charge is 0.509 e. The van der Waals surface area contributed by atoms with Crippen LogP contribution in [0.2, 0.25) is 0 Å². The minimum atomic E-state index is -4.04. The Kier molecular flexibility index (Phi) is 13.3. The van der Waals surface area contributed by atoms with E-state index < -0.39 is 68.3 Å². The monoisotopic (exact) mass is 682 g/mol. The van der Waals surface area contributed by atoms with Crippen LogP contribution in [0.5, 0.6) is 5.75 Å². The Bertz CT molecular complexity index is 1490. The molecule has 0 spiro atoms. The average Bonchev–Trinajstić information content (AvgIpc) is 3.65. The van der Waals surface area contributed by atoms with E-state index in [1.807, 2.05) is 13.8 Å². The van der Waals surface area contributed by atoms with Crippen LogP contribution in [-0.4, -0.2) is 99.4 Å². The van der Waals surface area contributed by atoms with E-state index in [0.29, 0.717) is 23.1 Å². The van der Waals surface area contributed by atoms with Gasteiger partial charge in [-0.2, -0.15) is 0 Å². The van der Waals surface area contributed by atoms with E-state index in [2.05, 4.69) is 20.4 Å². The third kappa shape index (κ3) is 9.76. The van der Waals surface area contributed by atoms with Gasteiger partial charge in [-0.3, -0.25) is 32.7 Å². The van der Waals surface area contributed by atoms with Crippen molar-refractivity contribution in [3.05, 3.63) is 30.0 Å². The maximum atomic E-state index is 13.7. The number of fused-ring (bicyclic) bond motifs is 1. The van der Waals surface area contributed by atoms with Crippen LogP contribution in [0.25, 0.3) is 10.9 Å². The molecule has 1 aromatic carbocycles. The molecule has 260 valence electrons. The van der Waals surface area contributed by atoms with Gasteiger partial charge in [0.2, 0.25) is 11.8 Å². The summed E-state index contributed by atoms with van der Waals surface area (Å²) in [6.45, 7) is 4.69. The number of nitrogens with one attached hydrogen (secondary N) is 3. The number of methoxy groups -OCH3 is 2. The summed E-state index contributed by atoms with van der Waals surface area (Å²) in [5.41, 5.74) is 0.859. The van der Waals surface area contributed by atoms with E-state index in [-0.39, 0.29) is 31.0 Å². The molecule has 1 aromatic heterocycles. The Morgan fingerprint density at radius 2 is 1.74 bits per heavy atom. The fourth-order valence-electron chi connectivity index (χ4n) is 5.21. The number of nitrogens with zero attached hydrogens (tertiary/aromatic N) is 1. The topological polar surface area (TPSA) is 201 Å². The van der Waals surface area contributed by atoms with E-state index in [1.165, 1.54) is 18.9 Å². The van der Waals surface area contributed by atoms with Gasteiger partial charge in [-0.15, -0.1) is 0 Å². The van der Waals surface area contributed by atoms with Crippen molar-refractivity contribution in [2.75, 3.05) is 41.6 Å². The quantitative estimate of drug-likeness (QED) is 0.163. The Hall–Kier alpha value is -3.98. The zero-order valence-corrected chi connectivity index (χ0v) is 28.4. The first-order valence-corrected chi connectivity index (χ1v) is 16.4. The lowest BCUT2D eigenvalue weighted by Crippen LogP contribution is -2.53. The first-order chi connectivity index (χ1) is 22.2. The molecule has 1 aliphatic rings. The number of amides is 3. The molecule has 0 aliphatic carbocycles. The smallest absolute Gasteiger partial charge is 0.496 e. The van der Waals surface area contributed by atoms with Crippen molar-refractivity contribution in [3.63, 3.8) is 0 Å². The van der Waals surface area contributed by atoms with Crippen molar-refractivity contribution in [3.8, 4) is 5.75 Å². The summed E-state index contributed by atoms with van der Waals surface area (Å²) in [7, 11) is 0.781. The third-order valence-electron chi connectivity index (χ3n) is 7.68. The van der Waals surface area contributed by atoms with Gasteiger partial charge >= 0.3 is 14.0 Å². The zero-order chi connectivity index (χ0) is 34.9. The number of aromatic amines is 1. The number of likely N-dealkylation sites (tertiary alicyclic amines) is 1. The van der Waals surface area contributed by atoms with Crippen LogP contribution in [-0.2, 0) is 42.0 Å². The number of ether oxygens (including phenoxy) is 3. The Morgan fingerprint density at radius 1 is 1.04 bits per heavy atom. The number of ketones is 1. The first kappa shape index (κ1) is 37.5. The van der Waals surface area contributed by atoms with Gasteiger partial charge in [0.05, 0.1) is 20.3 Å². The molecule has 16 nitrogen and oxygen atoms in total. The maximum Gasteiger partial charge on any atom is 0.509 e. The van der Waals surface area contributed by atoms with E-state index >= 15 is 0 Å². The molecule has 1 aliphatic heterocycles. The number of aromatic nitrogens is 1. The summed E-state index contributed by atoms with van der Waals surface area (Å²) in [5, 5.41) is 6.09. The van der Waals surface area contributed by atoms with E-state index in [4.69, 9.17) is 23.0 Å². The predicted molar refractivity (Wildman–Crippen MR) is 167 cm³/mol. The summed E-state index contributed by atoms with van der Waals surface area (Å²) >= 11 is 0. The second kappa shape index (κ2) is 16.7. The van der Waals surface area contributed by atoms with Crippen LogP contribution >= 0.6 is 7.82 Å². The van der Waals surface area contributed by atoms with Crippen LogP contribution in [0.15, 0.2) is 24.3 Å². The molecule has 4 atom stereocenters. The molecule has 1 fully saturated rings. The minimum absolute atomic E-state index is 0.0399. The van der Waals surface area contributed by atoms with Gasteiger partial charge in [-0.25, -0.2) is 9.36 Å². The molecule has 2 heterocycles. The van der Waals surface area contributed by atoms with Gasteiger partial charge in [0.15, 0.2) is 12.0 Å². The summed E-state index contributed by atoms with van der Waals surface area (Å²) in [4.78, 5) is 69.6. The predicted octanol–water partition coefficient (Wildman–Crippen LogP) is 3.16. The zero-order valence-electron chi connectivity index (χ0n) is 27.5. The fraction of sp³-hybridized carbons (Fsp3) is 0.567. The second-order valence-corrected chi connectivity index (χ2v) is 13.2. The molecule has 0 radical (unpaired) electrons. The number of carbonyl (C=O) groups is 5. The number of benzene rings is 1. The van der Waals surface area contributed by atoms with Crippen LogP contribution in [0.4, 0.5) is 4.79 Å². The lowest BCUT2D eigenvalue weighted by atomic mass is 9.95. The van der Waals surface area contributed by atoms with Crippen LogP contribution in [0, 0.1) is 11.8 Å². The highest BCUT2D eigenvalue weighted by atomic mass is 31.2. The lowest BCUT2D eigenvalue weighted by molar-refractivity contribution is -0.140. The lowest BCUT2D eigenvalue weighted by Gasteiger charge is -2.26. The summed E-state index contributed by atoms with van der Waals surface area (Å²) in [5.74, 6) is -2.57. The van der Waals surface area contributed by atoms with Crippen LogP contribution in [0.1, 0.15) is 50.5 Å². The molecular formula is C30H43N4O12P. The van der Waals surface area contributed by atoms with Crippen molar-refractivity contribution in [1.29, 1.82) is 0 Å². The highest BCUT2D eigenvalue weighted by Gasteiger charge is 2.40. The molecule has 17 heteroatoms. The molecule has 3 rings (SSSR count). The van der Waals surface area contributed by atoms with Gasteiger partial charge in [0.25, 0.3) is 5.91 Å². The fourth-order valence-corrected chi connectivity index (χ4v) is 5.86. The van der Waals surface area contributed by atoms with Crippen molar-refractivity contribution < 1.29 is 56.3 Å². The van der Waals surface area contributed by atoms with Crippen LogP contribution in [0.3, 0.4) is 0 Å². The number of H-pyrrole nitrogens is 1. The number of hydrogen-bond acceptors (Lipinski definition) is 12. The summed E-state index contributed by atoms with van der Waals surface area (Å²) in [6, 6.07) is 4.57. The highest BCUT2D eigenvalue weighted by Crippen LogP contribution is 2.47. The Labute approximate surface area is 272 Å². The van der Waals surface area contributed by atoms with Gasteiger partial charge in [0, 0.05) is 37.6 Å². The number of Topliss-reactive ketones (excluding diaryl/α,β-unsaturated/α-hetero) is 1. The van der Waals surface area contributed by atoms with Gasteiger partial charge in [-0.1, -0.05) is 19.9 Å². The SMILES string of the molecule is COC(=O)O[C@@H](C)N1CC[C@@H](C[C@H](NC(=O)[C@H](CC(C)C)NC(=O)c2cc3c(OC)cccc3[nH]2)C(=O)COP(=O)(OC)OC)C1=O. The molecule has 47 heavy (non-hydrogen) atoms. The summed E-state index contributed by atoms with van der Waals surface area (Å²) in [6.07, 6.45) is -1.53. The van der Waals surface area contributed by atoms with Gasteiger partial charge in [-0.05, 0) is 50.3 Å². The van der Waals surface area contributed by atoms with Crippen molar-refractivity contribution >= 4 is 48.4 Å². The molecule has 0 saturated carbocycles. The number of rotatable bonds is 17. The van der Waals surface area contributed by atoms with Crippen molar-refractivity contribution in [1.82, 2.24) is 20.5 Å². The van der Waals surface area contributed by atoms with Gasteiger partial charge < -0.3 is 34.7 Å². The molecule has 3 N–H and O–H groups in total. The Balaban J connectivity index is 1.82.